The van der Waals surface area contributed by atoms with Crippen LogP contribution in [0.4, 0.5) is 0 Å². The van der Waals surface area contributed by atoms with Crippen LogP contribution in [0.3, 0.4) is 0 Å². The number of pyridine rings is 1. The lowest BCUT2D eigenvalue weighted by molar-refractivity contribution is 0.0263. The lowest BCUT2D eigenvalue weighted by atomic mass is 10.1. The molecule has 0 spiro atoms. The van der Waals surface area contributed by atoms with E-state index in [1.807, 2.05) is 20.0 Å². The second-order valence-electron chi connectivity index (χ2n) is 5.03. The third-order valence-corrected chi connectivity index (χ3v) is 3.82. The molecule has 2 rings (SSSR count). The molecule has 6 heteroatoms. The van der Waals surface area contributed by atoms with Crippen molar-refractivity contribution in [2.24, 2.45) is 4.99 Å². The molecular formula is C15H23ClN4O. The summed E-state index contributed by atoms with van der Waals surface area (Å²) < 4.78 is 5.68. The van der Waals surface area contributed by atoms with E-state index in [1.165, 1.54) is 0 Å². The third-order valence-electron chi connectivity index (χ3n) is 3.59. The van der Waals surface area contributed by atoms with Crippen LogP contribution in [0.2, 0.25) is 5.15 Å². The van der Waals surface area contributed by atoms with Gasteiger partial charge in [0.15, 0.2) is 5.96 Å². The van der Waals surface area contributed by atoms with Gasteiger partial charge in [-0.25, -0.2) is 4.98 Å². The standard InChI is InChI=1S/C15H23ClN4O/c1-3-21-13-6-8-20(9-7-13)15(17-2)19-11-12-4-5-14(16)18-10-12/h4-5,10,13H,3,6-9,11H2,1-2H3,(H,17,19). The Kier molecular flexibility index (Phi) is 6.26. The maximum Gasteiger partial charge on any atom is 0.193 e. The Bertz CT molecular complexity index is 455. The van der Waals surface area contributed by atoms with Gasteiger partial charge in [0.1, 0.15) is 5.15 Å². The number of aliphatic imine (C=N–C) groups is 1. The molecular weight excluding hydrogens is 288 g/mol. The summed E-state index contributed by atoms with van der Waals surface area (Å²) in [6, 6.07) is 3.77. The first kappa shape index (κ1) is 16.0. The van der Waals surface area contributed by atoms with E-state index in [1.54, 1.807) is 12.3 Å². The molecule has 1 aliphatic heterocycles. The molecule has 0 saturated carbocycles. The van der Waals surface area contributed by atoms with Crippen molar-refractivity contribution in [3.63, 3.8) is 0 Å². The van der Waals surface area contributed by atoms with Gasteiger partial charge >= 0.3 is 0 Å². The molecule has 0 atom stereocenters. The second kappa shape index (κ2) is 8.20. The number of halogens is 1. The van der Waals surface area contributed by atoms with Crippen LogP contribution in [0.25, 0.3) is 0 Å². The van der Waals surface area contributed by atoms with Crippen molar-refractivity contribution in [1.29, 1.82) is 0 Å². The monoisotopic (exact) mass is 310 g/mol. The SMILES string of the molecule is CCOC1CCN(C(=NC)NCc2ccc(Cl)nc2)CC1. The van der Waals surface area contributed by atoms with Crippen molar-refractivity contribution in [3.05, 3.63) is 29.0 Å². The van der Waals surface area contributed by atoms with Gasteiger partial charge in [0, 0.05) is 39.5 Å². The zero-order valence-electron chi connectivity index (χ0n) is 12.7. The van der Waals surface area contributed by atoms with Crippen LogP contribution in [-0.2, 0) is 11.3 Å². The minimum atomic E-state index is 0.393. The Labute approximate surface area is 131 Å². The second-order valence-corrected chi connectivity index (χ2v) is 5.42. The van der Waals surface area contributed by atoms with Gasteiger partial charge in [0.05, 0.1) is 6.10 Å². The molecule has 21 heavy (non-hydrogen) atoms. The van der Waals surface area contributed by atoms with Crippen LogP contribution in [-0.4, -0.2) is 48.7 Å². The predicted molar refractivity (Wildman–Crippen MR) is 85.7 cm³/mol. The first-order chi connectivity index (χ1) is 10.2. The number of piperidine rings is 1. The minimum absolute atomic E-state index is 0.393. The molecule has 2 heterocycles. The fourth-order valence-electron chi connectivity index (χ4n) is 2.49. The first-order valence-corrected chi connectivity index (χ1v) is 7.78. The number of nitrogens with one attached hydrogen (secondary N) is 1. The number of aromatic nitrogens is 1. The summed E-state index contributed by atoms with van der Waals surface area (Å²) in [5, 5.41) is 3.89. The Morgan fingerprint density at radius 1 is 1.48 bits per heavy atom. The quantitative estimate of drug-likeness (QED) is 0.527. The van der Waals surface area contributed by atoms with Gasteiger partial charge in [0.25, 0.3) is 0 Å². The molecule has 0 radical (unpaired) electrons. The molecule has 1 N–H and O–H groups in total. The molecule has 1 aliphatic rings. The smallest absolute Gasteiger partial charge is 0.193 e. The molecule has 1 aromatic heterocycles. The summed E-state index contributed by atoms with van der Waals surface area (Å²) in [6.45, 7) is 5.49. The van der Waals surface area contributed by atoms with Crippen molar-refractivity contribution in [2.75, 3.05) is 26.7 Å². The van der Waals surface area contributed by atoms with Gasteiger partial charge in [-0.05, 0) is 31.4 Å². The number of hydrogen-bond acceptors (Lipinski definition) is 3. The highest BCUT2D eigenvalue weighted by Gasteiger charge is 2.21. The van der Waals surface area contributed by atoms with E-state index in [0.29, 0.717) is 17.8 Å². The summed E-state index contributed by atoms with van der Waals surface area (Å²) in [4.78, 5) is 10.7. The van der Waals surface area contributed by atoms with Gasteiger partial charge in [0.2, 0.25) is 0 Å². The van der Waals surface area contributed by atoms with Crippen LogP contribution < -0.4 is 5.32 Å². The molecule has 1 aromatic rings. The normalized spacial score (nSPS) is 17.1. The fourth-order valence-corrected chi connectivity index (χ4v) is 2.61. The average Bonchev–Trinajstić information content (AvgIpc) is 2.51. The number of nitrogens with zero attached hydrogens (tertiary/aromatic N) is 3. The van der Waals surface area contributed by atoms with Gasteiger partial charge in [-0.2, -0.15) is 0 Å². The van der Waals surface area contributed by atoms with Crippen LogP contribution >= 0.6 is 11.6 Å². The largest absolute Gasteiger partial charge is 0.378 e. The number of hydrogen-bond donors (Lipinski definition) is 1. The van der Waals surface area contributed by atoms with Crippen LogP contribution in [0, 0.1) is 0 Å². The predicted octanol–water partition coefficient (Wildman–Crippen LogP) is 2.31. The topological polar surface area (TPSA) is 49.8 Å². The maximum absolute atomic E-state index is 5.79. The highest BCUT2D eigenvalue weighted by atomic mass is 35.5. The van der Waals surface area contributed by atoms with Gasteiger partial charge < -0.3 is 15.0 Å². The number of guanidine groups is 1. The summed E-state index contributed by atoms with van der Waals surface area (Å²) in [7, 11) is 1.82. The molecule has 1 saturated heterocycles. The molecule has 5 nitrogen and oxygen atoms in total. The molecule has 0 amide bonds. The summed E-state index contributed by atoms with van der Waals surface area (Å²) in [6.07, 6.45) is 4.28. The van der Waals surface area contributed by atoms with Crippen molar-refractivity contribution in [3.8, 4) is 0 Å². The molecule has 1 fully saturated rings. The Morgan fingerprint density at radius 2 is 2.24 bits per heavy atom. The molecule has 116 valence electrons. The van der Waals surface area contributed by atoms with Crippen LogP contribution in [0.5, 0.6) is 0 Å². The van der Waals surface area contributed by atoms with E-state index in [-0.39, 0.29) is 0 Å². The molecule has 0 unspecified atom stereocenters. The number of rotatable bonds is 4. The first-order valence-electron chi connectivity index (χ1n) is 7.40. The Balaban J connectivity index is 1.82. The average molecular weight is 311 g/mol. The number of ether oxygens (including phenoxy) is 1. The van der Waals surface area contributed by atoms with Crippen molar-refractivity contribution < 1.29 is 4.74 Å². The highest BCUT2D eigenvalue weighted by molar-refractivity contribution is 6.29. The van der Waals surface area contributed by atoms with E-state index < -0.39 is 0 Å². The van der Waals surface area contributed by atoms with E-state index >= 15 is 0 Å². The summed E-state index contributed by atoms with van der Waals surface area (Å²) >= 11 is 5.79. The van der Waals surface area contributed by atoms with E-state index in [9.17, 15) is 0 Å². The fraction of sp³-hybridized carbons (Fsp3) is 0.600. The van der Waals surface area contributed by atoms with Gasteiger partial charge in [-0.3, -0.25) is 4.99 Å². The number of likely N-dealkylation sites (tertiary alicyclic amines) is 1. The van der Waals surface area contributed by atoms with Gasteiger partial charge in [-0.1, -0.05) is 17.7 Å². The maximum atomic E-state index is 5.79. The van der Waals surface area contributed by atoms with Crippen molar-refractivity contribution in [2.45, 2.75) is 32.4 Å². The summed E-state index contributed by atoms with van der Waals surface area (Å²) in [5.41, 5.74) is 1.09. The molecule has 0 aliphatic carbocycles. The minimum Gasteiger partial charge on any atom is -0.378 e. The molecule has 0 bridgehead atoms. The summed E-state index contributed by atoms with van der Waals surface area (Å²) in [5.74, 6) is 0.930. The van der Waals surface area contributed by atoms with Crippen LogP contribution in [0.1, 0.15) is 25.3 Å². The van der Waals surface area contributed by atoms with Gasteiger partial charge in [-0.15, -0.1) is 0 Å². The third kappa shape index (κ3) is 4.86. The lowest BCUT2D eigenvalue weighted by Gasteiger charge is -2.34. The highest BCUT2D eigenvalue weighted by Crippen LogP contribution is 2.14. The van der Waals surface area contributed by atoms with Crippen molar-refractivity contribution in [1.82, 2.24) is 15.2 Å². The Hall–Kier alpha value is -1.33. The molecule has 0 aromatic carbocycles. The zero-order chi connectivity index (χ0) is 15.1. The van der Waals surface area contributed by atoms with Crippen molar-refractivity contribution >= 4 is 17.6 Å². The Morgan fingerprint density at radius 3 is 2.81 bits per heavy atom. The van der Waals surface area contributed by atoms with Crippen LogP contribution in [0.15, 0.2) is 23.3 Å². The van der Waals surface area contributed by atoms with E-state index in [0.717, 1.165) is 44.1 Å². The van der Waals surface area contributed by atoms with E-state index in [2.05, 4.69) is 20.2 Å². The zero-order valence-corrected chi connectivity index (χ0v) is 13.4. The van der Waals surface area contributed by atoms with E-state index in [4.69, 9.17) is 16.3 Å². The lowest BCUT2D eigenvalue weighted by Crippen LogP contribution is -2.46.